The standard InChI is InChI=1S/C29H24BrN3O7S/c1-5-39-28(35)25-16(3)31-29-32(26(25)17-6-10-23(38-4)21(30)13-17)27(34)24(41-29)14-19-8-11-22(40-19)20-9-7-18(33(36)37)12-15(20)2/h6-14,26H,5H2,1-4H3/b24-14+/t26-/m1/s1. The Kier molecular flexibility index (Phi) is 7.78. The van der Waals surface area contributed by atoms with Crippen molar-refractivity contribution in [3.8, 4) is 17.1 Å². The van der Waals surface area contributed by atoms with Crippen molar-refractivity contribution in [2.75, 3.05) is 13.7 Å². The first-order valence-corrected chi connectivity index (χ1v) is 14.1. The fourth-order valence-electron chi connectivity index (χ4n) is 4.70. The number of nitro benzene ring substituents is 1. The lowest BCUT2D eigenvalue weighted by Gasteiger charge is -2.25. The number of nitrogens with zero attached hydrogens (tertiary/aromatic N) is 3. The molecule has 0 unspecified atom stereocenters. The predicted molar refractivity (Wildman–Crippen MR) is 157 cm³/mol. The predicted octanol–water partition coefficient (Wildman–Crippen LogP) is 5.05. The molecular formula is C29H24BrN3O7S. The number of ether oxygens (including phenoxy) is 2. The van der Waals surface area contributed by atoms with E-state index < -0.39 is 16.9 Å². The Morgan fingerprint density at radius 1 is 1.22 bits per heavy atom. The number of carbonyl (C=O) groups excluding carboxylic acids is 1. The zero-order valence-corrected chi connectivity index (χ0v) is 24.9. The molecule has 0 N–H and O–H groups in total. The molecule has 210 valence electrons. The van der Waals surface area contributed by atoms with Crippen LogP contribution in [0.4, 0.5) is 5.69 Å². The molecule has 41 heavy (non-hydrogen) atoms. The summed E-state index contributed by atoms with van der Waals surface area (Å²) in [6.07, 6.45) is 1.62. The fourth-order valence-corrected chi connectivity index (χ4v) is 6.29. The molecule has 1 aliphatic heterocycles. The molecule has 2 aromatic carbocycles. The molecule has 0 amide bonds. The van der Waals surface area contributed by atoms with Crippen molar-refractivity contribution >= 4 is 45.0 Å². The van der Waals surface area contributed by atoms with E-state index in [1.807, 2.05) is 6.07 Å². The lowest BCUT2D eigenvalue weighted by Crippen LogP contribution is -2.39. The van der Waals surface area contributed by atoms with E-state index in [1.165, 1.54) is 28.0 Å². The molecule has 0 saturated carbocycles. The van der Waals surface area contributed by atoms with Gasteiger partial charge in [0.05, 0.1) is 45.0 Å². The molecule has 2 aromatic heterocycles. The molecule has 0 bridgehead atoms. The third-order valence-corrected chi connectivity index (χ3v) is 8.20. The molecule has 0 aliphatic carbocycles. The summed E-state index contributed by atoms with van der Waals surface area (Å²) in [5.41, 5.74) is 2.46. The average molecular weight is 638 g/mol. The van der Waals surface area contributed by atoms with Gasteiger partial charge in [-0.15, -0.1) is 0 Å². The normalized spacial score (nSPS) is 15.0. The highest BCUT2D eigenvalue weighted by molar-refractivity contribution is 9.10. The number of carbonyl (C=O) groups is 1. The van der Waals surface area contributed by atoms with Gasteiger partial charge in [0, 0.05) is 23.8 Å². The van der Waals surface area contributed by atoms with Gasteiger partial charge in [-0.3, -0.25) is 19.5 Å². The van der Waals surface area contributed by atoms with Crippen LogP contribution in [0, 0.1) is 17.0 Å². The van der Waals surface area contributed by atoms with Crippen LogP contribution in [0.15, 0.2) is 78.5 Å². The highest BCUT2D eigenvalue weighted by atomic mass is 79.9. The molecule has 0 fully saturated rings. The Labute approximate surface area is 246 Å². The SMILES string of the molecule is CCOC(=O)C1=C(C)N=c2s/c(=C/c3ccc(-c4ccc([N+](=O)[O-])cc4C)o3)c(=O)n2[C@@H]1c1ccc(OC)c(Br)c1. The van der Waals surface area contributed by atoms with Crippen LogP contribution >= 0.6 is 27.3 Å². The van der Waals surface area contributed by atoms with Gasteiger partial charge in [0.15, 0.2) is 4.80 Å². The van der Waals surface area contributed by atoms with E-state index in [0.717, 1.165) is 0 Å². The van der Waals surface area contributed by atoms with Crippen LogP contribution in [0.25, 0.3) is 17.4 Å². The Morgan fingerprint density at radius 3 is 2.66 bits per heavy atom. The zero-order valence-electron chi connectivity index (χ0n) is 22.5. The average Bonchev–Trinajstić information content (AvgIpc) is 3.51. The molecule has 3 heterocycles. The van der Waals surface area contributed by atoms with Crippen LogP contribution in [-0.4, -0.2) is 29.2 Å². The van der Waals surface area contributed by atoms with Crippen molar-refractivity contribution in [1.29, 1.82) is 0 Å². The number of hydrogen-bond acceptors (Lipinski definition) is 9. The molecule has 0 radical (unpaired) electrons. The van der Waals surface area contributed by atoms with Crippen LogP contribution in [0.1, 0.15) is 36.8 Å². The van der Waals surface area contributed by atoms with E-state index in [2.05, 4.69) is 20.9 Å². The van der Waals surface area contributed by atoms with Gasteiger partial charge in [0.1, 0.15) is 17.3 Å². The number of esters is 1. The summed E-state index contributed by atoms with van der Waals surface area (Å²) in [7, 11) is 1.56. The molecule has 0 saturated heterocycles. The maximum absolute atomic E-state index is 13.8. The van der Waals surface area contributed by atoms with Crippen molar-refractivity contribution in [3.05, 3.63) is 111 Å². The summed E-state index contributed by atoms with van der Waals surface area (Å²) in [5, 5.41) is 11.1. The number of thiazole rings is 1. The minimum Gasteiger partial charge on any atom is -0.496 e. The smallest absolute Gasteiger partial charge is 0.338 e. The van der Waals surface area contributed by atoms with Gasteiger partial charge in [-0.2, -0.15) is 0 Å². The Hall–Kier alpha value is -4.29. The second-order valence-corrected chi connectivity index (χ2v) is 11.0. The lowest BCUT2D eigenvalue weighted by atomic mass is 9.96. The second-order valence-electron chi connectivity index (χ2n) is 9.15. The van der Waals surface area contributed by atoms with Crippen molar-refractivity contribution in [2.45, 2.75) is 26.8 Å². The quantitative estimate of drug-likeness (QED) is 0.158. The Morgan fingerprint density at radius 2 is 2.00 bits per heavy atom. The number of aryl methyl sites for hydroxylation is 1. The van der Waals surface area contributed by atoms with Gasteiger partial charge in [0.2, 0.25) is 0 Å². The van der Waals surface area contributed by atoms with E-state index >= 15 is 0 Å². The molecule has 4 aromatic rings. The third-order valence-electron chi connectivity index (χ3n) is 6.60. The van der Waals surface area contributed by atoms with Gasteiger partial charge in [-0.1, -0.05) is 17.4 Å². The molecule has 5 rings (SSSR count). The van der Waals surface area contributed by atoms with Crippen LogP contribution in [0.3, 0.4) is 0 Å². The highest BCUT2D eigenvalue weighted by Gasteiger charge is 2.33. The van der Waals surface area contributed by atoms with Crippen molar-refractivity contribution < 1.29 is 23.6 Å². The summed E-state index contributed by atoms with van der Waals surface area (Å²) < 4.78 is 19.2. The summed E-state index contributed by atoms with van der Waals surface area (Å²) >= 11 is 4.69. The summed E-state index contributed by atoms with van der Waals surface area (Å²) in [6.45, 7) is 5.38. The first-order chi connectivity index (χ1) is 19.6. The van der Waals surface area contributed by atoms with E-state index in [4.69, 9.17) is 13.9 Å². The van der Waals surface area contributed by atoms with Crippen LogP contribution in [0.5, 0.6) is 5.75 Å². The first-order valence-electron chi connectivity index (χ1n) is 12.5. The number of hydrogen-bond donors (Lipinski definition) is 0. The molecule has 0 spiro atoms. The summed E-state index contributed by atoms with van der Waals surface area (Å²) in [6, 6.07) is 12.6. The number of fused-ring (bicyclic) bond motifs is 1. The van der Waals surface area contributed by atoms with E-state index in [0.29, 0.717) is 53.5 Å². The Bertz CT molecular complexity index is 1920. The van der Waals surface area contributed by atoms with E-state index in [1.54, 1.807) is 64.3 Å². The van der Waals surface area contributed by atoms with Crippen LogP contribution < -0.4 is 19.6 Å². The van der Waals surface area contributed by atoms with Crippen LogP contribution in [-0.2, 0) is 9.53 Å². The van der Waals surface area contributed by atoms with Crippen molar-refractivity contribution in [2.24, 2.45) is 4.99 Å². The fraction of sp³-hybridized carbons (Fsp3) is 0.207. The molecular weight excluding hydrogens is 614 g/mol. The van der Waals surface area contributed by atoms with Crippen molar-refractivity contribution in [3.63, 3.8) is 0 Å². The summed E-state index contributed by atoms with van der Waals surface area (Å²) in [5.74, 6) is 0.997. The number of benzene rings is 2. The Balaban J connectivity index is 1.62. The largest absolute Gasteiger partial charge is 0.496 e. The number of nitro groups is 1. The lowest BCUT2D eigenvalue weighted by molar-refractivity contribution is -0.384. The second kappa shape index (κ2) is 11.3. The van der Waals surface area contributed by atoms with Gasteiger partial charge >= 0.3 is 5.97 Å². The number of aromatic nitrogens is 1. The molecule has 12 heteroatoms. The highest BCUT2D eigenvalue weighted by Crippen LogP contribution is 2.35. The summed E-state index contributed by atoms with van der Waals surface area (Å²) in [4.78, 5) is 42.6. The number of rotatable bonds is 7. The van der Waals surface area contributed by atoms with Gasteiger partial charge < -0.3 is 13.9 Å². The first kappa shape index (κ1) is 28.2. The molecule has 10 nitrogen and oxygen atoms in total. The third kappa shape index (κ3) is 5.27. The minimum atomic E-state index is -0.774. The maximum Gasteiger partial charge on any atom is 0.338 e. The molecule has 1 atom stereocenters. The van der Waals surface area contributed by atoms with Gasteiger partial charge in [0.25, 0.3) is 11.2 Å². The maximum atomic E-state index is 13.8. The van der Waals surface area contributed by atoms with Crippen LogP contribution in [0.2, 0.25) is 0 Å². The number of methoxy groups -OCH3 is 1. The minimum absolute atomic E-state index is 0.00457. The van der Waals surface area contributed by atoms with Gasteiger partial charge in [-0.25, -0.2) is 9.79 Å². The van der Waals surface area contributed by atoms with Crippen molar-refractivity contribution in [1.82, 2.24) is 4.57 Å². The van der Waals surface area contributed by atoms with Gasteiger partial charge in [-0.05, 0) is 78.2 Å². The van der Waals surface area contributed by atoms with E-state index in [-0.39, 0.29) is 23.4 Å². The zero-order chi connectivity index (χ0) is 29.4. The number of halogens is 1. The van der Waals surface area contributed by atoms with E-state index in [9.17, 15) is 19.7 Å². The monoisotopic (exact) mass is 637 g/mol. The molecule has 1 aliphatic rings. The number of non-ortho nitro benzene ring substituents is 1. The number of furan rings is 1. The topological polar surface area (TPSA) is 126 Å². The number of allylic oxidation sites excluding steroid dienone is 1.